The summed E-state index contributed by atoms with van der Waals surface area (Å²) >= 11 is 0. The van der Waals surface area contributed by atoms with E-state index in [2.05, 4.69) is 61.5 Å². The SMILES string of the molecule is CCc1ccc(-c2cc(-c3ccccc3)cc[o+]2)cc1.[O-][Cl+3]([O-])([O-])[O-]. The first-order valence-electron chi connectivity index (χ1n) is 7.55. The standard InChI is InChI=1S/C19H17O.ClHO4/c1-2-15-8-10-17(11-9-15)19-14-18(12-13-20-19)16-6-4-3-5-7-16;2-1(3,4)5/h3-14H,2H2,1H3;(H,2,3,4,5)/q+1;/p-1. The van der Waals surface area contributed by atoms with Gasteiger partial charge in [-0.3, -0.25) is 0 Å². The molecule has 0 amide bonds. The predicted octanol–water partition coefficient (Wildman–Crippen LogP) is 0.701. The zero-order chi connectivity index (χ0) is 18.3. The molecule has 0 N–H and O–H groups in total. The second kappa shape index (κ2) is 8.71. The first kappa shape index (κ1) is 19.1. The van der Waals surface area contributed by atoms with E-state index in [9.17, 15) is 0 Å². The molecule has 5 nitrogen and oxygen atoms in total. The van der Waals surface area contributed by atoms with Crippen molar-refractivity contribution in [3.63, 3.8) is 0 Å². The minimum atomic E-state index is -4.94. The lowest BCUT2D eigenvalue weighted by Gasteiger charge is -2.17. The van der Waals surface area contributed by atoms with Crippen molar-refractivity contribution < 1.29 is 33.3 Å². The molecule has 0 saturated carbocycles. The molecule has 1 aromatic heterocycles. The monoisotopic (exact) mass is 360 g/mol. The molecular formula is C19H17ClO5. The smallest absolute Gasteiger partial charge is 0.222 e. The highest BCUT2D eigenvalue weighted by Gasteiger charge is 2.12. The van der Waals surface area contributed by atoms with E-state index in [0.29, 0.717) is 0 Å². The summed E-state index contributed by atoms with van der Waals surface area (Å²) in [5.74, 6) is 0.897. The minimum Gasteiger partial charge on any atom is -0.222 e. The van der Waals surface area contributed by atoms with E-state index < -0.39 is 10.2 Å². The zero-order valence-electron chi connectivity index (χ0n) is 13.6. The van der Waals surface area contributed by atoms with E-state index in [1.54, 1.807) is 6.26 Å². The highest BCUT2D eigenvalue weighted by molar-refractivity contribution is 5.69. The molecule has 130 valence electrons. The molecule has 0 radical (unpaired) electrons. The van der Waals surface area contributed by atoms with Gasteiger partial charge in [-0.05, 0) is 35.2 Å². The fourth-order valence-electron chi connectivity index (χ4n) is 2.27. The van der Waals surface area contributed by atoms with Gasteiger partial charge in [0.1, 0.15) is 0 Å². The zero-order valence-corrected chi connectivity index (χ0v) is 14.3. The van der Waals surface area contributed by atoms with Crippen molar-refractivity contribution in [2.24, 2.45) is 0 Å². The van der Waals surface area contributed by atoms with Gasteiger partial charge >= 0.3 is 12.0 Å². The number of aryl methyl sites for hydroxylation is 1. The van der Waals surface area contributed by atoms with E-state index >= 15 is 0 Å². The van der Waals surface area contributed by atoms with Crippen LogP contribution in [0.3, 0.4) is 0 Å². The van der Waals surface area contributed by atoms with Crippen molar-refractivity contribution in [1.29, 1.82) is 0 Å². The number of benzene rings is 2. The average molecular weight is 361 g/mol. The molecule has 0 fully saturated rings. The van der Waals surface area contributed by atoms with Crippen molar-refractivity contribution in [1.82, 2.24) is 0 Å². The molecule has 2 aromatic carbocycles. The Balaban J connectivity index is 0.000000399. The summed E-state index contributed by atoms with van der Waals surface area (Å²) in [6.45, 7) is 2.16. The molecule has 0 bridgehead atoms. The number of rotatable bonds is 3. The topological polar surface area (TPSA) is 104 Å². The van der Waals surface area contributed by atoms with Crippen LogP contribution in [0.15, 0.2) is 77.4 Å². The van der Waals surface area contributed by atoms with Gasteiger partial charge in [0.2, 0.25) is 0 Å². The molecule has 0 aliphatic heterocycles. The van der Waals surface area contributed by atoms with Crippen LogP contribution in [0.25, 0.3) is 22.5 Å². The van der Waals surface area contributed by atoms with E-state index in [1.165, 1.54) is 16.7 Å². The van der Waals surface area contributed by atoms with E-state index in [0.717, 1.165) is 17.7 Å². The lowest BCUT2D eigenvalue weighted by atomic mass is 10.0. The normalized spacial score (nSPS) is 10.8. The van der Waals surface area contributed by atoms with Gasteiger partial charge in [0, 0.05) is 6.07 Å². The molecule has 6 heteroatoms. The summed E-state index contributed by atoms with van der Waals surface area (Å²) in [4.78, 5) is 0. The van der Waals surface area contributed by atoms with Gasteiger partial charge in [-0.15, -0.1) is 10.2 Å². The van der Waals surface area contributed by atoms with Gasteiger partial charge in [0.15, 0.2) is 0 Å². The van der Waals surface area contributed by atoms with Crippen LogP contribution in [0.5, 0.6) is 0 Å². The van der Waals surface area contributed by atoms with Gasteiger partial charge in [0.25, 0.3) is 0 Å². The maximum Gasteiger partial charge on any atom is 0.360 e. The lowest BCUT2D eigenvalue weighted by molar-refractivity contribution is -2.00. The largest absolute Gasteiger partial charge is 0.360 e. The Kier molecular flexibility index (Phi) is 6.64. The third-order valence-electron chi connectivity index (χ3n) is 3.48. The minimum absolute atomic E-state index is 0.897. The third-order valence-corrected chi connectivity index (χ3v) is 3.48. The van der Waals surface area contributed by atoms with Gasteiger partial charge in [-0.25, -0.2) is 23.1 Å². The second-order valence-corrected chi connectivity index (χ2v) is 5.93. The Labute approximate surface area is 148 Å². The Morgan fingerprint density at radius 1 is 0.760 bits per heavy atom. The summed E-state index contributed by atoms with van der Waals surface area (Å²) in [5.41, 5.74) is 4.83. The van der Waals surface area contributed by atoms with E-state index in [-0.39, 0.29) is 0 Å². The van der Waals surface area contributed by atoms with Crippen LogP contribution in [0.2, 0.25) is 0 Å². The molecule has 25 heavy (non-hydrogen) atoms. The Morgan fingerprint density at radius 3 is 1.92 bits per heavy atom. The third kappa shape index (κ3) is 6.62. The molecule has 0 spiro atoms. The highest BCUT2D eigenvalue weighted by atomic mass is 35.7. The van der Waals surface area contributed by atoms with Crippen LogP contribution >= 0.6 is 0 Å². The van der Waals surface area contributed by atoms with Crippen LogP contribution in [-0.4, -0.2) is 0 Å². The van der Waals surface area contributed by atoms with Crippen molar-refractivity contribution >= 4 is 0 Å². The maximum atomic E-state index is 8.49. The first-order valence-corrected chi connectivity index (χ1v) is 8.78. The fraction of sp³-hybridized carbons (Fsp3) is 0.105. The molecular weight excluding hydrogens is 344 g/mol. The fourth-order valence-corrected chi connectivity index (χ4v) is 2.27. The van der Waals surface area contributed by atoms with E-state index in [1.807, 2.05) is 12.1 Å². The second-order valence-electron chi connectivity index (χ2n) is 5.18. The molecule has 1 heterocycles. The Bertz CT molecular complexity index is 777. The summed E-state index contributed by atoms with van der Waals surface area (Å²) < 4.78 is 39.6. The van der Waals surface area contributed by atoms with Crippen molar-refractivity contribution in [3.05, 3.63) is 78.6 Å². The van der Waals surface area contributed by atoms with Crippen LogP contribution in [0.4, 0.5) is 0 Å². The van der Waals surface area contributed by atoms with E-state index in [4.69, 9.17) is 23.1 Å². The average Bonchev–Trinajstić information content (AvgIpc) is 2.61. The summed E-state index contributed by atoms with van der Waals surface area (Å²) in [7, 11) is -4.94. The maximum absolute atomic E-state index is 8.49. The number of hydrogen-bond acceptors (Lipinski definition) is 4. The molecule has 0 atom stereocenters. The van der Waals surface area contributed by atoms with Crippen LogP contribution < -0.4 is 18.6 Å². The van der Waals surface area contributed by atoms with Gasteiger partial charge in [-0.1, -0.05) is 49.4 Å². The van der Waals surface area contributed by atoms with Crippen molar-refractivity contribution in [2.75, 3.05) is 0 Å². The molecule has 0 unspecified atom stereocenters. The summed E-state index contributed by atoms with van der Waals surface area (Å²) in [6.07, 6.45) is 2.81. The first-order chi connectivity index (χ1) is 11.9. The Morgan fingerprint density at radius 2 is 1.36 bits per heavy atom. The highest BCUT2D eigenvalue weighted by Crippen LogP contribution is 2.26. The number of hydrogen-bond donors (Lipinski definition) is 0. The molecule has 3 rings (SSSR count). The molecule has 0 aliphatic rings. The molecule has 0 saturated heterocycles. The van der Waals surface area contributed by atoms with Crippen LogP contribution in [-0.2, 0) is 6.42 Å². The quantitative estimate of drug-likeness (QED) is 0.639. The Hall–Kier alpha value is -2.28. The van der Waals surface area contributed by atoms with Crippen molar-refractivity contribution in [2.45, 2.75) is 13.3 Å². The predicted molar refractivity (Wildman–Crippen MR) is 83.4 cm³/mol. The summed E-state index contributed by atoms with van der Waals surface area (Å²) in [5, 5.41) is 0. The van der Waals surface area contributed by atoms with Gasteiger partial charge < -0.3 is 0 Å². The molecule has 0 aliphatic carbocycles. The molecule has 3 aromatic rings. The van der Waals surface area contributed by atoms with Crippen LogP contribution in [0.1, 0.15) is 12.5 Å². The van der Waals surface area contributed by atoms with Gasteiger partial charge in [0.05, 0.1) is 11.6 Å². The van der Waals surface area contributed by atoms with Gasteiger partial charge in [-0.2, -0.15) is 0 Å². The van der Waals surface area contributed by atoms with Crippen molar-refractivity contribution in [3.8, 4) is 22.5 Å². The number of halogens is 1. The summed E-state index contributed by atoms with van der Waals surface area (Å²) in [6, 6.07) is 23.0. The van der Waals surface area contributed by atoms with Crippen LogP contribution in [0, 0.1) is 10.2 Å². The lowest BCUT2D eigenvalue weighted by Crippen LogP contribution is -2.68.